The second-order valence-corrected chi connectivity index (χ2v) is 16.7. The summed E-state index contributed by atoms with van der Waals surface area (Å²) in [7, 11) is 0. The van der Waals surface area contributed by atoms with E-state index in [0.29, 0.717) is 0 Å². The molecule has 63 heavy (non-hydrogen) atoms. The van der Waals surface area contributed by atoms with Gasteiger partial charge in [0.2, 0.25) is 0 Å². The first-order valence-electron chi connectivity index (χ1n) is 21.9. The molecule has 0 aliphatic heterocycles. The Bertz CT molecular complexity index is 3120. The number of para-hydroxylation sites is 2. The van der Waals surface area contributed by atoms with Crippen molar-refractivity contribution in [2.45, 2.75) is 10.8 Å². The van der Waals surface area contributed by atoms with E-state index in [0.717, 1.165) is 11.4 Å². The van der Waals surface area contributed by atoms with E-state index in [4.69, 9.17) is 0 Å². The lowest BCUT2D eigenvalue weighted by molar-refractivity contribution is 0.744. The molecule has 0 aromatic heterocycles. The monoisotopic (exact) mass is 801 g/mol. The molecule has 2 aliphatic carbocycles. The molecular formula is C62H43N. The molecule has 296 valence electrons. The van der Waals surface area contributed by atoms with Crippen molar-refractivity contribution in [3.63, 3.8) is 0 Å². The van der Waals surface area contributed by atoms with Gasteiger partial charge in [-0.3, -0.25) is 0 Å². The van der Waals surface area contributed by atoms with Crippen LogP contribution in [0.2, 0.25) is 0 Å². The average Bonchev–Trinajstić information content (AvgIpc) is 3.84. The summed E-state index contributed by atoms with van der Waals surface area (Å²) >= 11 is 0. The maximum Gasteiger partial charge on any atom is 0.0714 e. The van der Waals surface area contributed by atoms with Crippen LogP contribution in [-0.4, -0.2) is 0 Å². The van der Waals surface area contributed by atoms with Crippen molar-refractivity contribution in [2.75, 3.05) is 4.90 Å². The molecule has 10 aromatic carbocycles. The summed E-state index contributed by atoms with van der Waals surface area (Å²) < 4.78 is 0. The van der Waals surface area contributed by atoms with Crippen molar-refractivity contribution in [3.8, 4) is 33.4 Å². The largest absolute Gasteiger partial charge is 0.309 e. The smallest absolute Gasteiger partial charge is 0.0714 e. The fourth-order valence-corrected chi connectivity index (χ4v) is 11.1. The van der Waals surface area contributed by atoms with E-state index < -0.39 is 10.8 Å². The molecule has 10 aromatic rings. The van der Waals surface area contributed by atoms with Gasteiger partial charge in [0.15, 0.2) is 0 Å². The lowest BCUT2D eigenvalue weighted by atomic mass is 9.64. The first-order valence-corrected chi connectivity index (χ1v) is 21.9. The molecule has 2 aliphatic rings. The Morgan fingerprint density at radius 2 is 0.619 bits per heavy atom. The van der Waals surface area contributed by atoms with Crippen LogP contribution in [0.5, 0.6) is 0 Å². The Balaban J connectivity index is 1.35. The van der Waals surface area contributed by atoms with E-state index in [-0.39, 0.29) is 0 Å². The van der Waals surface area contributed by atoms with Crippen molar-refractivity contribution >= 4 is 17.1 Å². The van der Waals surface area contributed by atoms with Crippen molar-refractivity contribution in [3.05, 3.63) is 305 Å². The lowest BCUT2D eigenvalue weighted by Crippen LogP contribution is -2.31. The Kier molecular flexibility index (Phi) is 8.69. The van der Waals surface area contributed by atoms with Crippen molar-refractivity contribution < 1.29 is 0 Å². The number of hydrogen-bond acceptors (Lipinski definition) is 1. The van der Waals surface area contributed by atoms with Gasteiger partial charge in [-0.05, 0) is 97.1 Å². The van der Waals surface area contributed by atoms with E-state index in [1.54, 1.807) is 0 Å². The van der Waals surface area contributed by atoms with Crippen LogP contribution in [0.1, 0.15) is 44.5 Å². The number of rotatable bonds is 8. The number of benzene rings is 10. The molecule has 0 radical (unpaired) electrons. The molecular weight excluding hydrogens is 759 g/mol. The predicted molar refractivity (Wildman–Crippen MR) is 261 cm³/mol. The third kappa shape index (κ3) is 5.43. The van der Waals surface area contributed by atoms with Crippen LogP contribution in [0.4, 0.5) is 17.1 Å². The van der Waals surface area contributed by atoms with E-state index in [9.17, 15) is 0 Å². The van der Waals surface area contributed by atoms with Gasteiger partial charge in [0.05, 0.1) is 16.5 Å². The summed E-state index contributed by atoms with van der Waals surface area (Å²) in [6.45, 7) is 0. The van der Waals surface area contributed by atoms with Gasteiger partial charge in [0.25, 0.3) is 0 Å². The minimum absolute atomic E-state index is 0.639. The number of hydrogen-bond donors (Lipinski definition) is 0. The van der Waals surface area contributed by atoms with Gasteiger partial charge >= 0.3 is 0 Å². The topological polar surface area (TPSA) is 3.24 Å². The SMILES string of the molecule is c1ccc(-c2ccc3c(c2)C(c2ccccc2)(c2ccccc2)c2cc4c(c(N(c5ccccc5)c5ccccc5)c2-3)-c2ccccc2C4(c2ccccc2)c2ccccc2)cc1. The summed E-state index contributed by atoms with van der Waals surface area (Å²) in [5, 5.41) is 0. The lowest BCUT2D eigenvalue weighted by Gasteiger charge is -2.38. The maximum absolute atomic E-state index is 2.63. The number of nitrogens with zero attached hydrogens (tertiary/aromatic N) is 1. The van der Waals surface area contributed by atoms with Crippen LogP contribution >= 0.6 is 0 Å². The molecule has 0 heterocycles. The minimum atomic E-state index is -0.686. The Morgan fingerprint density at radius 3 is 1.08 bits per heavy atom. The predicted octanol–water partition coefficient (Wildman–Crippen LogP) is 15.5. The summed E-state index contributed by atoms with van der Waals surface area (Å²) in [4.78, 5) is 2.54. The summed E-state index contributed by atoms with van der Waals surface area (Å²) in [6, 6.07) is 96.8. The Hall–Kier alpha value is -8.00. The molecule has 1 heteroatoms. The highest BCUT2D eigenvalue weighted by Crippen LogP contribution is 2.67. The molecule has 0 saturated heterocycles. The van der Waals surface area contributed by atoms with Gasteiger partial charge in [-0.1, -0.05) is 231 Å². The quantitative estimate of drug-likeness (QED) is 0.148. The molecule has 0 unspecified atom stereocenters. The van der Waals surface area contributed by atoms with Crippen LogP contribution in [0.15, 0.2) is 261 Å². The molecule has 0 spiro atoms. The highest BCUT2D eigenvalue weighted by Gasteiger charge is 2.54. The van der Waals surface area contributed by atoms with Crippen LogP contribution < -0.4 is 4.90 Å². The fourth-order valence-electron chi connectivity index (χ4n) is 11.1. The molecule has 0 saturated carbocycles. The summed E-state index contributed by atoms with van der Waals surface area (Å²) in [5.74, 6) is 0. The maximum atomic E-state index is 2.63. The fraction of sp³-hybridized carbons (Fsp3) is 0.0323. The summed E-state index contributed by atoms with van der Waals surface area (Å²) in [6.07, 6.45) is 0. The highest BCUT2D eigenvalue weighted by atomic mass is 15.1. The second-order valence-electron chi connectivity index (χ2n) is 16.7. The van der Waals surface area contributed by atoms with Gasteiger partial charge in [-0.25, -0.2) is 0 Å². The molecule has 0 bridgehead atoms. The Morgan fingerprint density at radius 1 is 0.254 bits per heavy atom. The first-order chi connectivity index (χ1) is 31.3. The molecule has 1 nitrogen and oxygen atoms in total. The standard InChI is InChI=1S/C62H43N/c1-8-24-44(25-9-1)45-40-41-53-55(42-45)62(48-30-14-4-15-31-48,49-32-16-5-17-33-49)57-43-56-58(60(59(53)57)63(50-34-18-6-19-35-50)51-36-20-7-21-37-51)52-38-22-23-39-54(52)61(56,46-26-10-2-11-27-46)47-28-12-3-13-29-47/h1-43H. The molecule has 0 fully saturated rings. The average molecular weight is 802 g/mol. The van der Waals surface area contributed by atoms with E-state index in [2.05, 4.69) is 266 Å². The zero-order valence-electron chi connectivity index (χ0n) is 34.8. The molecule has 12 rings (SSSR count). The zero-order valence-corrected chi connectivity index (χ0v) is 34.8. The Labute approximate surface area is 369 Å². The third-order valence-corrected chi connectivity index (χ3v) is 13.6. The molecule has 0 amide bonds. The number of anilines is 3. The van der Waals surface area contributed by atoms with Gasteiger partial charge in [0.1, 0.15) is 0 Å². The van der Waals surface area contributed by atoms with Gasteiger partial charge in [-0.15, -0.1) is 0 Å². The highest BCUT2D eigenvalue weighted by molar-refractivity contribution is 6.08. The zero-order chi connectivity index (χ0) is 41.8. The van der Waals surface area contributed by atoms with E-state index in [1.807, 2.05) is 0 Å². The van der Waals surface area contributed by atoms with E-state index in [1.165, 1.54) is 83.6 Å². The summed E-state index contributed by atoms with van der Waals surface area (Å²) in [5.41, 5.74) is 19.5. The van der Waals surface area contributed by atoms with Crippen LogP contribution in [0.25, 0.3) is 33.4 Å². The van der Waals surface area contributed by atoms with Gasteiger partial charge < -0.3 is 4.90 Å². The third-order valence-electron chi connectivity index (χ3n) is 13.6. The van der Waals surface area contributed by atoms with Crippen molar-refractivity contribution in [1.29, 1.82) is 0 Å². The van der Waals surface area contributed by atoms with Crippen LogP contribution in [-0.2, 0) is 10.8 Å². The van der Waals surface area contributed by atoms with Gasteiger partial charge in [-0.2, -0.15) is 0 Å². The van der Waals surface area contributed by atoms with Crippen LogP contribution in [0.3, 0.4) is 0 Å². The normalized spacial score (nSPS) is 13.7. The molecule has 0 atom stereocenters. The van der Waals surface area contributed by atoms with Crippen LogP contribution in [0, 0.1) is 0 Å². The van der Waals surface area contributed by atoms with Gasteiger partial charge in [0, 0.05) is 22.5 Å². The van der Waals surface area contributed by atoms with Crippen molar-refractivity contribution in [1.82, 2.24) is 0 Å². The van der Waals surface area contributed by atoms with Crippen molar-refractivity contribution in [2.24, 2.45) is 0 Å². The second kappa shape index (κ2) is 14.9. The van der Waals surface area contributed by atoms with E-state index >= 15 is 0 Å². The minimum Gasteiger partial charge on any atom is -0.309 e. The first kappa shape index (κ1) is 36.8. The molecule has 0 N–H and O–H groups in total. The number of fused-ring (bicyclic) bond motifs is 6.